The van der Waals surface area contributed by atoms with Crippen LogP contribution >= 0.6 is 11.6 Å². The number of hydrogen-bond donors (Lipinski definition) is 2. The molecule has 0 radical (unpaired) electrons. The molecule has 2 aromatic rings. The first kappa shape index (κ1) is 15.1. The number of amides is 1. The van der Waals surface area contributed by atoms with Crippen LogP contribution in [-0.2, 0) is 0 Å². The summed E-state index contributed by atoms with van der Waals surface area (Å²) in [5.41, 5.74) is 6.58. The van der Waals surface area contributed by atoms with Crippen LogP contribution in [0.4, 0.5) is 10.1 Å². The molecule has 0 atom stereocenters. The molecule has 0 saturated heterocycles. The molecule has 3 N–H and O–H groups in total. The van der Waals surface area contributed by atoms with Crippen LogP contribution in [0.25, 0.3) is 0 Å². The lowest BCUT2D eigenvalue weighted by molar-refractivity contribution is 0.0955. The van der Waals surface area contributed by atoms with Gasteiger partial charge in [-0.2, -0.15) is 0 Å². The molecule has 0 fully saturated rings. The van der Waals surface area contributed by atoms with E-state index in [1.807, 2.05) is 6.92 Å². The van der Waals surface area contributed by atoms with E-state index in [0.717, 1.165) is 6.07 Å². The van der Waals surface area contributed by atoms with Crippen molar-refractivity contribution in [3.63, 3.8) is 0 Å². The zero-order valence-electron chi connectivity index (χ0n) is 11.3. The monoisotopic (exact) mass is 308 g/mol. The number of ether oxygens (including phenoxy) is 1. The van der Waals surface area contributed by atoms with Crippen LogP contribution in [0.5, 0.6) is 11.5 Å². The topological polar surface area (TPSA) is 64.4 Å². The Hall–Kier alpha value is -2.27. The van der Waals surface area contributed by atoms with E-state index < -0.39 is 5.82 Å². The molecule has 21 heavy (non-hydrogen) atoms. The predicted octanol–water partition coefficient (Wildman–Crippen LogP) is 3.60. The van der Waals surface area contributed by atoms with Crippen molar-refractivity contribution in [2.24, 2.45) is 0 Å². The van der Waals surface area contributed by atoms with Crippen molar-refractivity contribution in [3.8, 4) is 11.5 Å². The lowest BCUT2D eigenvalue weighted by Crippen LogP contribution is -2.22. The van der Waals surface area contributed by atoms with Crippen molar-refractivity contribution >= 4 is 23.2 Å². The second-order valence-electron chi connectivity index (χ2n) is 4.29. The van der Waals surface area contributed by atoms with Gasteiger partial charge in [0.05, 0.1) is 10.7 Å². The average Bonchev–Trinajstić information content (AvgIpc) is 2.44. The molecule has 0 aliphatic carbocycles. The number of benzene rings is 2. The van der Waals surface area contributed by atoms with Gasteiger partial charge in [0.25, 0.3) is 5.91 Å². The third-order valence-electron chi connectivity index (χ3n) is 2.73. The molecule has 0 spiro atoms. The zero-order valence-corrected chi connectivity index (χ0v) is 12.1. The third-order valence-corrected chi connectivity index (χ3v) is 3.02. The van der Waals surface area contributed by atoms with E-state index in [0.29, 0.717) is 17.8 Å². The van der Waals surface area contributed by atoms with Gasteiger partial charge >= 0.3 is 0 Å². The zero-order chi connectivity index (χ0) is 15.4. The van der Waals surface area contributed by atoms with Gasteiger partial charge in [-0.3, -0.25) is 4.79 Å². The fourth-order valence-corrected chi connectivity index (χ4v) is 1.91. The van der Waals surface area contributed by atoms with Crippen molar-refractivity contribution in [2.75, 3.05) is 12.3 Å². The second kappa shape index (κ2) is 6.45. The molecule has 110 valence electrons. The fourth-order valence-electron chi connectivity index (χ4n) is 1.70. The van der Waals surface area contributed by atoms with Gasteiger partial charge in [0.1, 0.15) is 11.6 Å². The van der Waals surface area contributed by atoms with Crippen LogP contribution in [0.1, 0.15) is 17.3 Å². The minimum atomic E-state index is -0.462. The summed E-state index contributed by atoms with van der Waals surface area (Å²) in [5, 5.41) is 2.80. The number of carbonyl (C=O) groups excluding carboxylic acids is 1. The van der Waals surface area contributed by atoms with Crippen LogP contribution in [-0.4, -0.2) is 12.5 Å². The minimum Gasteiger partial charge on any atom is -0.454 e. The first-order valence-electron chi connectivity index (χ1n) is 6.32. The van der Waals surface area contributed by atoms with E-state index in [4.69, 9.17) is 22.1 Å². The Morgan fingerprint density at radius 2 is 2.05 bits per heavy atom. The lowest BCUT2D eigenvalue weighted by atomic mass is 10.1. The number of carbonyl (C=O) groups is 1. The summed E-state index contributed by atoms with van der Waals surface area (Å²) in [7, 11) is 0. The molecule has 4 nitrogen and oxygen atoms in total. The molecule has 2 rings (SSSR count). The van der Waals surface area contributed by atoms with Crippen molar-refractivity contribution in [2.45, 2.75) is 6.92 Å². The maximum absolute atomic E-state index is 13.0. The standard InChI is InChI=1S/C15H14ClFN2O2/c1-2-19-15(20)9-3-5-12(18)14(7-9)21-13-6-4-10(17)8-11(13)16/h3-8H,2,18H2,1H3,(H,19,20). The summed E-state index contributed by atoms with van der Waals surface area (Å²) in [6.45, 7) is 2.34. The Balaban J connectivity index is 2.30. The highest BCUT2D eigenvalue weighted by molar-refractivity contribution is 6.32. The second-order valence-corrected chi connectivity index (χ2v) is 4.70. The van der Waals surface area contributed by atoms with E-state index >= 15 is 0 Å². The van der Waals surface area contributed by atoms with E-state index in [1.165, 1.54) is 18.2 Å². The normalized spacial score (nSPS) is 10.2. The van der Waals surface area contributed by atoms with Gasteiger partial charge in [-0.15, -0.1) is 0 Å². The van der Waals surface area contributed by atoms with E-state index in [9.17, 15) is 9.18 Å². The van der Waals surface area contributed by atoms with Gasteiger partial charge < -0.3 is 15.8 Å². The SMILES string of the molecule is CCNC(=O)c1ccc(N)c(Oc2ccc(F)cc2Cl)c1. The van der Waals surface area contributed by atoms with Crippen LogP contribution in [0.3, 0.4) is 0 Å². The Morgan fingerprint density at radius 1 is 1.29 bits per heavy atom. The summed E-state index contributed by atoms with van der Waals surface area (Å²) >= 11 is 5.90. The summed E-state index contributed by atoms with van der Waals surface area (Å²) in [6, 6.07) is 8.44. The highest BCUT2D eigenvalue weighted by atomic mass is 35.5. The first-order chi connectivity index (χ1) is 10.0. The number of nitrogens with one attached hydrogen (secondary N) is 1. The Kier molecular flexibility index (Phi) is 4.65. The van der Waals surface area contributed by atoms with E-state index in [1.54, 1.807) is 12.1 Å². The summed E-state index contributed by atoms with van der Waals surface area (Å²) in [4.78, 5) is 11.8. The minimum absolute atomic E-state index is 0.123. The molecule has 0 bridgehead atoms. The first-order valence-corrected chi connectivity index (χ1v) is 6.69. The maximum Gasteiger partial charge on any atom is 0.251 e. The molecule has 0 saturated carbocycles. The molecule has 2 aromatic carbocycles. The van der Waals surface area contributed by atoms with Crippen LogP contribution < -0.4 is 15.8 Å². The van der Waals surface area contributed by atoms with Crippen LogP contribution in [0.15, 0.2) is 36.4 Å². The highest BCUT2D eigenvalue weighted by Crippen LogP contribution is 2.33. The number of anilines is 1. The third kappa shape index (κ3) is 3.64. The molecular weight excluding hydrogens is 295 g/mol. The van der Waals surface area contributed by atoms with Crippen molar-refractivity contribution < 1.29 is 13.9 Å². The Bertz CT molecular complexity index is 677. The summed E-state index contributed by atoms with van der Waals surface area (Å²) in [6.07, 6.45) is 0. The predicted molar refractivity (Wildman–Crippen MR) is 80.3 cm³/mol. The lowest BCUT2D eigenvalue weighted by Gasteiger charge is -2.11. The average molecular weight is 309 g/mol. The molecule has 1 amide bonds. The Morgan fingerprint density at radius 3 is 2.71 bits per heavy atom. The van der Waals surface area contributed by atoms with Crippen molar-refractivity contribution in [3.05, 3.63) is 52.8 Å². The van der Waals surface area contributed by atoms with Gasteiger partial charge in [0, 0.05) is 12.1 Å². The molecule has 0 aliphatic rings. The van der Waals surface area contributed by atoms with Gasteiger partial charge in [0.15, 0.2) is 5.75 Å². The van der Waals surface area contributed by atoms with Crippen molar-refractivity contribution in [1.29, 1.82) is 0 Å². The van der Waals surface area contributed by atoms with E-state index in [-0.39, 0.29) is 22.4 Å². The summed E-state index contributed by atoms with van der Waals surface area (Å²) < 4.78 is 18.6. The molecule has 0 heterocycles. The molecule has 0 aromatic heterocycles. The number of rotatable bonds is 4. The Labute approximate surface area is 126 Å². The molecular formula is C15H14ClFN2O2. The largest absolute Gasteiger partial charge is 0.454 e. The summed E-state index contributed by atoms with van der Waals surface area (Å²) in [5.74, 6) is -0.144. The number of nitrogen functional groups attached to an aromatic ring is 1. The molecule has 0 unspecified atom stereocenters. The highest BCUT2D eigenvalue weighted by Gasteiger charge is 2.11. The van der Waals surface area contributed by atoms with Gasteiger partial charge in [-0.1, -0.05) is 11.6 Å². The van der Waals surface area contributed by atoms with Crippen LogP contribution in [0.2, 0.25) is 5.02 Å². The van der Waals surface area contributed by atoms with Crippen LogP contribution in [0, 0.1) is 5.82 Å². The van der Waals surface area contributed by atoms with E-state index in [2.05, 4.69) is 5.32 Å². The van der Waals surface area contributed by atoms with Gasteiger partial charge in [-0.05, 0) is 43.3 Å². The maximum atomic E-state index is 13.0. The number of hydrogen-bond acceptors (Lipinski definition) is 3. The number of nitrogens with two attached hydrogens (primary N) is 1. The molecule has 6 heteroatoms. The van der Waals surface area contributed by atoms with Gasteiger partial charge in [0.2, 0.25) is 0 Å². The molecule has 0 aliphatic heterocycles. The smallest absolute Gasteiger partial charge is 0.251 e. The quantitative estimate of drug-likeness (QED) is 0.848. The number of halogens is 2. The van der Waals surface area contributed by atoms with Gasteiger partial charge in [-0.25, -0.2) is 4.39 Å². The fraction of sp³-hybridized carbons (Fsp3) is 0.133. The van der Waals surface area contributed by atoms with Crippen molar-refractivity contribution in [1.82, 2.24) is 5.32 Å².